The van der Waals surface area contributed by atoms with Gasteiger partial charge in [-0.25, -0.2) is 9.67 Å². The van der Waals surface area contributed by atoms with Gasteiger partial charge in [0.15, 0.2) is 0 Å². The van der Waals surface area contributed by atoms with Crippen molar-refractivity contribution in [2.45, 2.75) is 61.9 Å². The van der Waals surface area contributed by atoms with Crippen LogP contribution in [0.3, 0.4) is 0 Å². The molecule has 1 aromatic heterocycles. The highest BCUT2D eigenvalue weighted by Gasteiger charge is 2.28. The molecule has 0 radical (unpaired) electrons. The lowest BCUT2D eigenvalue weighted by Gasteiger charge is -2.35. The summed E-state index contributed by atoms with van der Waals surface area (Å²) in [5.41, 5.74) is 2.37. The van der Waals surface area contributed by atoms with E-state index in [0.29, 0.717) is 11.1 Å². The highest BCUT2D eigenvalue weighted by molar-refractivity contribution is 8.00. The van der Waals surface area contributed by atoms with Crippen LogP contribution in [0.1, 0.15) is 56.3 Å². The van der Waals surface area contributed by atoms with Crippen LogP contribution in [0.4, 0.5) is 0 Å². The molecule has 0 spiro atoms. The SMILES string of the molecule is CC(Sc1nc(C2CCCCC2)n(-c2ccccc2)n1)C(=O)N1CCN(Cc2ccccc2)CC1. The average molecular weight is 490 g/mol. The number of carbonyl (C=O) groups excluding carboxylic acids is 1. The molecule has 1 saturated heterocycles. The van der Waals surface area contributed by atoms with E-state index in [9.17, 15) is 4.79 Å². The summed E-state index contributed by atoms with van der Waals surface area (Å²) in [6.45, 7) is 6.30. The number of piperazine rings is 1. The Hall–Kier alpha value is -2.64. The maximum absolute atomic E-state index is 13.3. The summed E-state index contributed by atoms with van der Waals surface area (Å²) in [6.07, 6.45) is 6.14. The smallest absolute Gasteiger partial charge is 0.235 e. The van der Waals surface area contributed by atoms with E-state index in [0.717, 1.165) is 57.1 Å². The lowest BCUT2D eigenvalue weighted by molar-refractivity contribution is -0.132. The number of carbonyl (C=O) groups is 1. The number of amides is 1. The zero-order valence-electron chi connectivity index (χ0n) is 20.6. The van der Waals surface area contributed by atoms with E-state index in [1.54, 1.807) is 0 Å². The Kier molecular flexibility index (Phi) is 7.84. The first-order valence-electron chi connectivity index (χ1n) is 12.9. The molecule has 2 heterocycles. The van der Waals surface area contributed by atoms with Crippen LogP contribution in [0.5, 0.6) is 0 Å². The van der Waals surface area contributed by atoms with E-state index in [1.807, 2.05) is 34.7 Å². The standard InChI is InChI=1S/C28H35N5OS/c1-22(27(34)32-19-17-31(18-20-32)21-23-11-5-2-6-12-23)35-28-29-26(24-13-7-3-8-14-24)33(30-28)25-15-9-4-10-16-25/h2,4-6,9-12,15-16,22,24H,3,7-8,13-14,17-21H2,1H3. The van der Waals surface area contributed by atoms with Crippen molar-refractivity contribution in [2.75, 3.05) is 26.2 Å². The average Bonchev–Trinajstić information content (AvgIpc) is 3.34. The Morgan fingerprint density at radius 1 is 0.943 bits per heavy atom. The fraction of sp³-hybridized carbons (Fsp3) is 0.464. The molecule has 1 amide bonds. The van der Waals surface area contributed by atoms with Crippen LogP contribution in [0.15, 0.2) is 65.8 Å². The molecule has 0 N–H and O–H groups in total. The van der Waals surface area contributed by atoms with Gasteiger partial charge in [0.25, 0.3) is 0 Å². The zero-order chi connectivity index (χ0) is 24.0. The normalized spacial score (nSPS) is 18.5. The van der Waals surface area contributed by atoms with Gasteiger partial charge < -0.3 is 4.90 Å². The van der Waals surface area contributed by atoms with Crippen LogP contribution in [-0.2, 0) is 11.3 Å². The summed E-state index contributed by atoms with van der Waals surface area (Å²) in [5, 5.41) is 5.37. The molecule has 184 valence electrons. The molecule has 7 heteroatoms. The van der Waals surface area contributed by atoms with Crippen LogP contribution in [0.25, 0.3) is 5.69 Å². The summed E-state index contributed by atoms with van der Waals surface area (Å²) in [5.74, 6) is 1.67. The van der Waals surface area contributed by atoms with Gasteiger partial charge in [-0.05, 0) is 37.5 Å². The molecule has 1 saturated carbocycles. The van der Waals surface area contributed by atoms with Crippen molar-refractivity contribution in [1.29, 1.82) is 0 Å². The largest absolute Gasteiger partial charge is 0.339 e. The third-order valence-electron chi connectivity index (χ3n) is 7.15. The monoisotopic (exact) mass is 489 g/mol. The van der Waals surface area contributed by atoms with Crippen molar-refractivity contribution in [2.24, 2.45) is 0 Å². The van der Waals surface area contributed by atoms with E-state index in [1.165, 1.54) is 36.6 Å². The summed E-state index contributed by atoms with van der Waals surface area (Å²) < 4.78 is 2.01. The second-order valence-electron chi connectivity index (χ2n) is 9.68. The molecular formula is C28H35N5OS. The van der Waals surface area contributed by atoms with Gasteiger partial charge in [0.1, 0.15) is 5.82 Å². The van der Waals surface area contributed by atoms with Crippen LogP contribution in [0, 0.1) is 0 Å². The Bertz CT molecular complexity index is 1090. The first kappa shape index (κ1) is 24.1. The number of hydrogen-bond acceptors (Lipinski definition) is 5. The second-order valence-corrected chi connectivity index (χ2v) is 11.0. The minimum Gasteiger partial charge on any atom is -0.339 e. The highest BCUT2D eigenvalue weighted by Crippen LogP contribution is 2.34. The molecular weight excluding hydrogens is 454 g/mol. The lowest BCUT2D eigenvalue weighted by atomic mass is 9.88. The third-order valence-corrected chi connectivity index (χ3v) is 8.09. The number of thioether (sulfide) groups is 1. The van der Waals surface area contributed by atoms with Gasteiger partial charge in [-0.3, -0.25) is 9.69 Å². The first-order chi connectivity index (χ1) is 17.2. The fourth-order valence-corrected chi connectivity index (χ4v) is 6.01. The number of rotatable bonds is 7. The van der Waals surface area contributed by atoms with Gasteiger partial charge in [0, 0.05) is 38.6 Å². The van der Waals surface area contributed by atoms with Crippen molar-refractivity contribution in [1.82, 2.24) is 24.6 Å². The topological polar surface area (TPSA) is 54.3 Å². The quantitative estimate of drug-likeness (QED) is 0.430. The van der Waals surface area contributed by atoms with Gasteiger partial charge in [0.2, 0.25) is 11.1 Å². The van der Waals surface area contributed by atoms with E-state index in [4.69, 9.17) is 10.1 Å². The van der Waals surface area contributed by atoms with Crippen LogP contribution < -0.4 is 0 Å². The first-order valence-corrected chi connectivity index (χ1v) is 13.8. The molecule has 1 unspecified atom stereocenters. The summed E-state index contributed by atoms with van der Waals surface area (Å²) in [4.78, 5) is 22.7. The molecule has 5 rings (SSSR count). The zero-order valence-corrected chi connectivity index (χ0v) is 21.4. The number of benzene rings is 2. The third kappa shape index (κ3) is 5.96. The Balaban J connectivity index is 1.22. The predicted molar refractivity (Wildman–Crippen MR) is 141 cm³/mol. The Morgan fingerprint density at radius 2 is 1.60 bits per heavy atom. The second kappa shape index (κ2) is 11.4. The maximum atomic E-state index is 13.3. The highest BCUT2D eigenvalue weighted by atomic mass is 32.2. The molecule has 1 aliphatic carbocycles. The van der Waals surface area contributed by atoms with Crippen LogP contribution >= 0.6 is 11.8 Å². The molecule has 35 heavy (non-hydrogen) atoms. The molecule has 2 aliphatic rings. The molecule has 1 aliphatic heterocycles. The molecule has 0 bridgehead atoms. The lowest BCUT2D eigenvalue weighted by Crippen LogP contribution is -2.50. The summed E-state index contributed by atoms with van der Waals surface area (Å²) >= 11 is 1.49. The maximum Gasteiger partial charge on any atom is 0.235 e. The number of aromatic nitrogens is 3. The number of hydrogen-bond donors (Lipinski definition) is 0. The Labute approximate surface area is 212 Å². The molecule has 3 aromatic rings. The van der Waals surface area contributed by atoms with Gasteiger partial charge >= 0.3 is 0 Å². The van der Waals surface area contributed by atoms with Crippen molar-refractivity contribution < 1.29 is 4.79 Å². The summed E-state index contributed by atoms with van der Waals surface area (Å²) in [6, 6.07) is 20.8. The van der Waals surface area contributed by atoms with E-state index < -0.39 is 0 Å². The van der Waals surface area contributed by atoms with Crippen molar-refractivity contribution >= 4 is 17.7 Å². The van der Waals surface area contributed by atoms with Crippen molar-refractivity contribution in [3.05, 3.63) is 72.1 Å². The van der Waals surface area contributed by atoms with Gasteiger partial charge in [-0.1, -0.05) is 79.6 Å². The van der Waals surface area contributed by atoms with Gasteiger partial charge in [-0.2, -0.15) is 0 Å². The van der Waals surface area contributed by atoms with E-state index >= 15 is 0 Å². The van der Waals surface area contributed by atoms with Gasteiger partial charge in [0.05, 0.1) is 10.9 Å². The van der Waals surface area contributed by atoms with Crippen LogP contribution in [0.2, 0.25) is 0 Å². The van der Waals surface area contributed by atoms with E-state index in [2.05, 4.69) is 47.4 Å². The minimum absolute atomic E-state index is 0.185. The molecule has 1 atom stereocenters. The Morgan fingerprint density at radius 3 is 2.29 bits per heavy atom. The fourth-order valence-electron chi connectivity index (χ4n) is 5.17. The number of nitrogens with zero attached hydrogens (tertiary/aromatic N) is 5. The molecule has 2 aromatic carbocycles. The summed E-state index contributed by atoms with van der Waals surface area (Å²) in [7, 11) is 0. The van der Waals surface area contributed by atoms with Crippen molar-refractivity contribution in [3.8, 4) is 5.69 Å². The minimum atomic E-state index is -0.207. The van der Waals surface area contributed by atoms with Crippen molar-refractivity contribution in [3.63, 3.8) is 0 Å². The van der Waals surface area contributed by atoms with E-state index in [-0.39, 0.29) is 11.2 Å². The predicted octanol–water partition coefficient (Wildman–Crippen LogP) is 5.14. The molecule has 2 fully saturated rings. The molecule has 6 nitrogen and oxygen atoms in total. The van der Waals surface area contributed by atoms with Gasteiger partial charge in [-0.15, -0.1) is 5.10 Å². The van der Waals surface area contributed by atoms with Crippen LogP contribution in [-0.4, -0.2) is 61.9 Å². The number of para-hydroxylation sites is 1.